The summed E-state index contributed by atoms with van der Waals surface area (Å²) in [5.74, 6) is 1.38. The third kappa shape index (κ3) is 2.40. The van der Waals surface area contributed by atoms with E-state index in [0.29, 0.717) is 11.4 Å². The summed E-state index contributed by atoms with van der Waals surface area (Å²) in [5, 5.41) is 0. The number of rotatable bonds is 4. The lowest BCUT2D eigenvalue weighted by molar-refractivity contribution is -0.123. The first kappa shape index (κ1) is 16.7. The summed E-state index contributed by atoms with van der Waals surface area (Å²) >= 11 is 0. The standard InChI is InChI=1S/C20H22N4O2/c1-3-20-10-7-11-24(20)18-15(23(2)19(20)26)13-21-17(22-18)12-16(25)14-8-5-4-6-9-14/h4-6,8-9,13H,3,7,10-12H2,1-2H3. The van der Waals surface area contributed by atoms with Gasteiger partial charge in [-0.05, 0) is 19.3 Å². The summed E-state index contributed by atoms with van der Waals surface area (Å²) in [7, 11) is 1.78. The van der Waals surface area contributed by atoms with Gasteiger partial charge in [0, 0.05) is 19.2 Å². The van der Waals surface area contributed by atoms with Gasteiger partial charge in [-0.25, -0.2) is 9.97 Å². The van der Waals surface area contributed by atoms with Gasteiger partial charge in [0.05, 0.1) is 12.6 Å². The Morgan fingerprint density at radius 2 is 2.04 bits per heavy atom. The van der Waals surface area contributed by atoms with Crippen LogP contribution in [0.3, 0.4) is 0 Å². The zero-order valence-corrected chi connectivity index (χ0v) is 15.1. The highest BCUT2D eigenvalue weighted by Gasteiger charge is 2.52. The number of aromatic nitrogens is 2. The number of Topliss-reactive ketones (excluding diaryl/α,β-unsaturated/α-hetero) is 1. The van der Waals surface area contributed by atoms with Crippen LogP contribution in [0.25, 0.3) is 0 Å². The van der Waals surface area contributed by atoms with Crippen LogP contribution < -0.4 is 9.80 Å². The molecule has 0 N–H and O–H groups in total. The van der Waals surface area contributed by atoms with E-state index in [2.05, 4.69) is 16.8 Å². The minimum atomic E-state index is -0.503. The van der Waals surface area contributed by atoms with Crippen molar-refractivity contribution in [3.8, 4) is 0 Å². The minimum absolute atomic E-state index is 0.00559. The van der Waals surface area contributed by atoms with Crippen molar-refractivity contribution in [3.63, 3.8) is 0 Å². The maximum Gasteiger partial charge on any atom is 0.252 e. The monoisotopic (exact) mass is 350 g/mol. The molecule has 1 unspecified atom stereocenters. The quantitative estimate of drug-likeness (QED) is 0.793. The summed E-state index contributed by atoms with van der Waals surface area (Å²) in [5.41, 5.74) is 0.874. The van der Waals surface area contributed by atoms with Gasteiger partial charge >= 0.3 is 0 Å². The Morgan fingerprint density at radius 1 is 1.27 bits per heavy atom. The molecule has 3 heterocycles. The van der Waals surface area contributed by atoms with Crippen molar-refractivity contribution in [1.29, 1.82) is 0 Å². The van der Waals surface area contributed by atoms with Gasteiger partial charge < -0.3 is 9.80 Å². The number of amides is 1. The number of fused-ring (bicyclic) bond motifs is 3. The van der Waals surface area contributed by atoms with Crippen LogP contribution in [-0.2, 0) is 11.2 Å². The topological polar surface area (TPSA) is 66.4 Å². The molecule has 26 heavy (non-hydrogen) atoms. The Kier molecular flexibility index (Phi) is 3.98. The van der Waals surface area contributed by atoms with Crippen molar-refractivity contribution < 1.29 is 9.59 Å². The lowest BCUT2D eigenvalue weighted by Gasteiger charge is -2.45. The van der Waals surface area contributed by atoms with E-state index in [1.807, 2.05) is 18.2 Å². The number of anilines is 2. The van der Waals surface area contributed by atoms with Crippen LogP contribution >= 0.6 is 0 Å². The average molecular weight is 350 g/mol. The van der Waals surface area contributed by atoms with E-state index in [0.717, 1.165) is 37.3 Å². The molecular weight excluding hydrogens is 328 g/mol. The first-order chi connectivity index (χ1) is 12.6. The summed E-state index contributed by atoms with van der Waals surface area (Å²) in [6.07, 6.45) is 4.38. The second-order valence-electron chi connectivity index (χ2n) is 6.97. The molecule has 6 nitrogen and oxygen atoms in total. The Hall–Kier alpha value is -2.76. The van der Waals surface area contributed by atoms with E-state index in [-0.39, 0.29) is 18.1 Å². The van der Waals surface area contributed by atoms with Crippen molar-refractivity contribution in [2.24, 2.45) is 0 Å². The lowest BCUT2D eigenvalue weighted by atomic mass is 9.89. The molecule has 0 saturated carbocycles. The molecule has 0 aliphatic carbocycles. The number of likely N-dealkylation sites (N-methyl/N-ethyl adjacent to an activating group) is 1. The van der Waals surface area contributed by atoms with Crippen molar-refractivity contribution >= 4 is 23.2 Å². The summed E-state index contributed by atoms with van der Waals surface area (Å²) < 4.78 is 0. The number of benzene rings is 1. The molecule has 1 aromatic carbocycles. The maximum atomic E-state index is 12.9. The molecule has 1 saturated heterocycles. The number of carbonyl (C=O) groups is 2. The predicted molar refractivity (Wildman–Crippen MR) is 99.5 cm³/mol. The largest absolute Gasteiger partial charge is 0.340 e. The fourth-order valence-corrected chi connectivity index (χ4v) is 4.14. The highest BCUT2D eigenvalue weighted by molar-refractivity contribution is 6.07. The summed E-state index contributed by atoms with van der Waals surface area (Å²) in [4.78, 5) is 38.3. The first-order valence-corrected chi connectivity index (χ1v) is 9.07. The molecule has 6 heteroatoms. The van der Waals surface area contributed by atoms with E-state index in [4.69, 9.17) is 4.98 Å². The molecule has 2 aliphatic heterocycles. The lowest BCUT2D eigenvalue weighted by Crippen LogP contribution is -2.59. The van der Waals surface area contributed by atoms with Gasteiger partial charge in [0.2, 0.25) is 0 Å². The van der Waals surface area contributed by atoms with E-state index >= 15 is 0 Å². The van der Waals surface area contributed by atoms with Gasteiger partial charge in [-0.1, -0.05) is 37.3 Å². The van der Waals surface area contributed by atoms with Crippen molar-refractivity contribution in [2.45, 2.75) is 38.1 Å². The molecule has 0 spiro atoms. The Labute approximate surface area is 152 Å². The number of hydrogen-bond acceptors (Lipinski definition) is 5. The fourth-order valence-electron chi connectivity index (χ4n) is 4.14. The number of nitrogens with zero attached hydrogens (tertiary/aromatic N) is 4. The normalized spacial score (nSPS) is 21.5. The average Bonchev–Trinajstić information content (AvgIpc) is 3.12. The second kappa shape index (κ2) is 6.20. The van der Waals surface area contributed by atoms with Gasteiger partial charge in [0.1, 0.15) is 17.1 Å². The predicted octanol–water partition coefficient (Wildman–Crippen LogP) is 2.63. The zero-order valence-electron chi connectivity index (χ0n) is 15.1. The fraction of sp³-hybridized carbons (Fsp3) is 0.400. The second-order valence-corrected chi connectivity index (χ2v) is 6.97. The number of ketones is 1. The summed E-state index contributed by atoms with van der Waals surface area (Å²) in [6, 6.07) is 9.19. The number of hydrogen-bond donors (Lipinski definition) is 0. The summed E-state index contributed by atoms with van der Waals surface area (Å²) in [6.45, 7) is 2.86. The van der Waals surface area contributed by atoms with Crippen LogP contribution in [0.5, 0.6) is 0 Å². The minimum Gasteiger partial charge on any atom is -0.340 e. The molecule has 1 fully saturated rings. The molecule has 2 aromatic rings. The van der Waals surface area contributed by atoms with Crippen molar-refractivity contribution in [1.82, 2.24) is 9.97 Å². The first-order valence-electron chi connectivity index (χ1n) is 9.07. The third-order valence-electron chi connectivity index (χ3n) is 5.61. The zero-order chi connectivity index (χ0) is 18.3. The smallest absolute Gasteiger partial charge is 0.252 e. The van der Waals surface area contributed by atoms with Crippen LogP contribution in [0, 0.1) is 0 Å². The highest BCUT2D eigenvalue weighted by Crippen LogP contribution is 2.45. The highest BCUT2D eigenvalue weighted by atomic mass is 16.2. The van der Waals surface area contributed by atoms with Gasteiger partial charge in [-0.2, -0.15) is 0 Å². The Morgan fingerprint density at radius 3 is 2.77 bits per heavy atom. The third-order valence-corrected chi connectivity index (χ3v) is 5.61. The van der Waals surface area contributed by atoms with Gasteiger partial charge in [0.25, 0.3) is 5.91 Å². The van der Waals surface area contributed by atoms with Crippen LogP contribution in [0.2, 0.25) is 0 Å². The van der Waals surface area contributed by atoms with E-state index < -0.39 is 5.54 Å². The molecule has 0 bridgehead atoms. The molecule has 0 radical (unpaired) electrons. The van der Waals surface area contributed by atoms with Gasteiger partial charge in [-0.3, -0.25) is 9.59 Å². The van der Waals surface area contributed by atoms with Crippen LogP contribution in [0.4, 0.5) is 11.5 Å². The number of carbonyl (C=O) groups excluding carboxylic acids is 2. The Balaban J connectivity index is 1.69. The molecule has 1 amide bonds. The molecule has 1 atom stereocenters. The van der Waals surface area contributed by atoms with Crippen LogP contribution in [0.1, 0.15) is 42.4 Å². The van der Waals surface area contributed by atoms with Crippen molar-refractivity contribution in [3.05, 3.63) is 47.9 Å². The maximum absolute atomic E-state index is 12.9. The van der Waals surface area contributed by atoms with E-state index in [1.54, 1.807) is 30.3 Å². The molecule has 1 aromatic heterocycles. The SMILES string of the molecule is CCC12CCCN1c1nc(CC(=O)c3ccccc3)ncc1N(C)C2=O. The molecular formula is C20H22N4O2. The van der Waals surface area contributed by atoms with E-state index in [9.17, 15) is 9.59 Å². The van der Waals surface area contributed by atoms with Gasteiger partial charge in [0.15, 0.2) is 11.6 Å². The van der Waals surface area contributed by atoms with E-state index in [1.165, 1.54) is 0 Å². The van der Waals surface area contributed by atoms with Crippen LogP contribution in [-0.4, -0.2) is 40.8 Å². The Bertz CT molecular complexity index is 867. The van der Waals surface area contributed by atoms with Crippen molar-refractivity contribution in [2.75, 3.05) is 23.4 Å². The molecule has 2 aliphatic rings. The van der Waals surface area contributed by atoms with Gasteiger partial charge in [-0.15, -0.1) is 0 Å². The van der Waals surface area contributed by atoms with Crippen LogP contribution in [0.15, 0.2) is 36.5 Å². The molecule has 4 rings (SSSR count). The molecule has 134 valence electrons.